The summed E-state index contributed by atoms with van der Waals surface area (Å²) in [4.78, 5) is 18.4. The van der Waals surface area contributed by atoms with Crippen LogP contribution >= 0.6 is 0 Å². The van der Waals surface area contributed by atoms with Gasteiger partial charge in [-0.15, -0.1) is 0 Å². The highest BCUT2D eigenvalue weighted by Crippen LogP contribution is 2.32. The fraction of sp³-hybridized carbons (Fsp3) is 0.375. The van der Waals surface area contributed by atoms with E-state index < -0.39 is 23.0 Å². The van der Waals surface area contributed by atoms with Crippen LogP contribution in [-0.2, 0) is 24.1 Å². The number of halogens is 3. The van der Waals surface area contributed by atoms with Crippen molar-refractivity contribution in [3.63, 3.8) is 0 Å². The van der Waals surface area contributed by atoms with Gasteiger partial charge < -0.3 is 14.4 Å². The molecule has 0 N–H and O–H groups in total. The molecule has 12 heteroatoms. The fourth-order valence-corrected chi connectivity index (χ4v) is 3.89. The lowest BCUT2D eigenvalue weighted by molar-refractivity contribution is -0.137. The molecule has 0 spiro atoms. The number of ether oxygens (including phenoxy) is 2. The number of rotatable bonds is 8. The summed E-state index contributed by atoms with van der Waals surface area (Å²) in [6.07, 6.45) is -3.28. The summed E-state index contributed by atoms with van der Waals surface area (Å²) in [5.74, 6) is -0.392. The maximum Gasteiger partial charge on any atom is 0.417 e. The summed E-state index contributed by atoms with van der Waals surface area (Å²) >= 11 is 0. The summed E-state index contributed by atoms with van der Waals surface area (Å²) in [6, 6.07) is 11.5. The second kappa shape index (κ2) is 10.4. The Labute approximate surface area is 209 Å². The maximum atomic E-state index is 13.5. The number of carbonyl (C=O) groups is 1. The number of nitrogens with zero attached hydrogens (tertiary/aromatic N) is 4. The van der Waals surface area contributed by atoms with Crippen LogP contribution in [0, 0.1) is 0 Å². The van der Waals surface area contributed by atoms with Crippen LogP contribution in [0.1, 0.15) is 34.6 Å². The third-order valence-corrected chi connectivity index (χ3v) is 5.97. The molecule has 7 nitrogen and oxygen atoms in total. The minimum Gasteiger partial charge on any atom is -0.478 e. The first-order valence-electron chi connectivity index (χ1n) is 11.3. The van der Waals surface area contributed by atoms with E-state index in [0.717, 1.165) is 23.4 Å². The van der Waals surface area contributed by atoms with Gasteiger partial charge in [-0.1, -0.05) is 30.3 Å². The molecule has 0 saturated carbocycles. The van der Waals surface area contributed by atoms with Crippen molar-refractivity contribution in [3.8, 4) is 17.0 Å². The Morgan fingerprint density at radius 1 is 1.19 bits per heavy atom. The molecule has 0 fully saturated rings. The molecule has 3 aromatic rings. The summed E-state index contributed by atoms with van der Waals surface area (Å²) in [6.45, 7) is 1.46. The van der Waals surface area contributed by atoms with E-state index in [2.05, 4.69) is 10.1 Å². The van der Waals surface area contributed by atoms with Crippen molar-refractivity contribution >= 4 is 21.6 Å². The number of pyridine rings is 1. The minimum absolute atomic E-state index is 0.0467. The molecule has 184 valence electrons. The Kier molecular flexibility index (Phi) is 7.44. The topological polar surface area (TPSA) is 69.5 Å². The molecule has 0 bridgehead atoms. The number of amides is 1. The average Bonchev–Trinajstić information content (AvgIpc) is 3.25. The number of aromatic nitrogens is 3. The van der Waals surface area contributed by atoms with Gasteiger partial charge in [0.15, 0.2) is 5.69 Å². The van der Waals surface area contributed by atoms with Gasteiger partial charge in [-0.3, -0.25) is 9.48 Å². The second-order valence-corrected chi connectivity index (χ2v) is 8.50. The lowest BCUT2D eigenvalue weighted by atomic mass is 9.58. The zero-order valence-electron chi connectivity index (χ0n) is 19.7. The van der Waals surface area contributed by atoms with Gasteiger partial charge >= 0.3 is 6.18 Å². The van der Waals surface area contributed by atoms with Crippen LogP contribution in [0.15, 0.2) is 48.7 Å². The maximum absolute atomic E-state index is 13.5. The van der Waals surface area contributed by atoms with Crippen molar-refractivity contribution in [2.75, 3.05) is 20.3 Å². The van der Waals surface area contributed by atoms with Crippen molar-refractivity contribution in [1.82, 2.24) is 19.7 Å². The molecule has 0 atom stereocenters. The standard InChI is InChI=1S/C24H23B2F3N4O3/c1-32(23(25,26)10-5-12-36-19-9-8-17(14-30-19)24(27,28)29)22(34)21-20(16-6-3-2-4-7-16)18-15-35-13-11-33(18)31-21/h2-4,6-9,14H,5,10-13,15H2,1H3. The van der Waals surface area contributed by atoms with Gasteiger partial charge in [-0.25, -0.2) is 4.98 Å². The van der Waals surface area contributed by atoms with Crippen LogP contribution in [0.4, 0.5) is 13.2 Å². The predicted octanol–water partition coefficient (Wildman–Crippen LogP) is 3.42. The zero-order chi connectivity index (χ0) is 25.9. The zero-order valence-corrected chi connectivity index (χ0v) is 19.7. The smallest absolute Gasteiger partial charge is 0.417 e. The monoisotopic (exact) mass is 494 g/mol. The van der Waals surface area contributed by atoms with E-state index in [1.807, 2.05) is 30.3 Å². The Bertz CT molecular complexity index is 1200. The largest absolute Gasteiger partial charge is 0.478 e. The predicted molar refractivity (Wildman–Crippen MR) is 128 cm³/mol. The van der Waals surface area contributed by atoms with E-state index in [9.17, 15) is 18.0 Å². The molecule has 1 aromatic carbocycles. The Hall–Kier alpha value is -3.27. The first-order chi connectivity index (χ1) is 17.1. The SMILES string of the molecule is [B]C([B])(CCCOc1ccc(C(F)(F)F)cn1)N(C)C(=O)c1nn2c(c1-c1ccccc1)COCC2. The van der Waals surface area contributed by atoms with Crippen molar-refractivity contribution < 1.29 is 27.4 Å². The average molecular weight is 494 g/mol. The second-order valence-electron chi connectivity index (χ2n) is 8.50. The number of carbonyl (C=O) groups excluding carboxylic acids is 1. The van der Waals surface area contributed by atoms with Crippen LogP contribution in [0.2, 0.25) is 0 Å². The highest BCUT2D eigenvalue weighted by atomic mass is 19.4. The molecule has 36 heavy (non-hydrogen) atoms. The Morgan fingerprint density at radius 3 is 2.61 bits per heavy atom. The summed E-state index contributed by atoms with van der Waals surface area (Å²) in [5.41, 5.74) is 1.69. The van der Waals surface area contributed by atoms with Crippen molar-refractivity contribution in [2.45, 2.75) is 37.5 Å². The lowest BCUT2D eigenvalue weighted by Crippen LogP contribution is -2.51. The molecule has 4 rings (SSSR count). The van der Waals surface area contributed by atoms with Crippen LogP contribution in [0.5, 0.6) is 5.88 Å². The van der Waals surface area contributed by atoms with Crippen LogP contribution < -0.4 is 4.74 Å². The Balaban J connectivity index is 1.42. The van der Waals surface area contributed by atoms with Gasteiger partial charge in [0.1, 0.15) is 0 Å². The molecule has 4 radical (unpaired) electrons. The van der Waals surface area contributed by atoms with Gasteiger partial charge in [0.2, 0.25) is 5.88 Å². The first-order valence-corrected chi connectivity index (χ1v) is 11.3. The molecule has 3 heterocycles. The minimum atomic E-state index is -4.47. The van der Waals surface area contributed by atoms with Crippen molar-refractivity contribution in [2.24, 2.45) is 0 Å². The molecular weight excluding hydrogens is 471 g/mol. The highest BCUT2D eigenvalue weighted by Gasteiger charge is 2.33. The third kappa shape index (κ3) is 5.59. The quantitative estimate of drug-likeness (QED) is 0.355. The van der Waals surface area contributed by atoms with Crippen molar-refractivity contribution in [1.29, 1.82) is 0 Å². The number of benzene rings is 1. The van der Waals surface area contributed by atoms with E-state index >= 15 is 0 Å². The van der Waals surface area contributed by atoms with E-state index in [4.69, 9.17) is 25.2 Å². The normalized spacial score (nSPS) is 13.8. The number of hydrogen-bond donors (Lipinski definition) is 0. The molecule has 1 aliphatic rings. The lowest BCUT2D eigenvalue weighted by Gasteiger charge is -2.37. The highest BCUT2D eigenvalue weighted by molar-refractivity contribution is 6.41. The van der Waals surface area contributed by atoms with Gasteiger partial charge in [0.25, 0.3) is 5.91 Å². The van der Waals surface area contributed by atoms with Crippen LogP contribution in [0.25, 0.3) is 11.1 Å². The van der Waals surface area contributed by atoms with Gasteiger partial charge in [0.05, 0.1) is 53.3 Å². The van der Waals surface area contributed by atoms with Gasteiger partial charge in [0, 0.05) is 24.9 Å². The molecule has 1 aliphatic heterocycles. The van der Waals surface area contributed by atoms with E-state index in [-0.39, 0.29) is 24.6 Å². The summed E-state index contributed by atoms with van der Waals surface area (Å²) in [5, 5.41) is 3.02. The van der Waals surface area contributed by atoms with Gasteiger partial charge in [-0.2, -0.15) is 18.3 Å². The third-order valence-electron chi connectivity index (χ3n) is 5.97. The fourth-order valence-electron chi connectivity index (χ4n) is 3.89. The molecule has 0 unspecified atom stereocenters. The van der Waals surface area contributed by atoms with E-state index in [0.29, 0.717) is 37.9 Å². The van der Waals surface area contributed by atoms with Crippen molar-refractivity contribution in [3.05, 3.63) is 65.6 Å². The summed E-state index contributed by atoms with van der Waals surface area (Å²) in [7, 11) is 14.1. The van der Waals surface area contributed by atoms with E-state index in [1.54, 1.807) is 4.68 Å². The molecule has 2 aromatic heterocycles. The molecule has 0 saturated heterocycles. The molecular formula is C24H23B2F3N4O3. The Morgan fingerprint density at radius 2 is 1.94 bits per heavy atom. The first kappa shape index (κ1) is 25.8. The van der Waals surface area contributed by atoms with Crippen LogP contribution in [-0.4, -0.2) is 66.9 Å². The van der Waals surface area contributed by atoms with E-state index in [1.165, 1.54) is 11.9 Å². The van der Waals surface area contributed by atoms with Crippen LogP contribution in [0.3, 0.4) is 0 Å². The molecule has 0 aliphatic carbocycles. The molecule has 1 amide bonds. The number of fused-ring (bicyclic) bond motifs is 1. The summed E-state index contributed by atoms with van der Waals surface area (Å²) < 4.78 is 50.7. The number of hydrogen-bond acceptors (Lipinski definition) is 5. The number of alkyl halides is 3. The van der Waals surface area contributed by atoms with Gasteiger partial charge in [-0.05, 0) is 29.8 Å².